The first-order valence-corrected chi connectivity index (χ1v) is 6.57. The van der Waals surface area contributed by atoms with E-state index in [0.29, 0.717) is 17.6 Å². The van der Waals surface area contributed by atoms with E-state index in [9.17, 15) is 0 Å². The highest BCUT2D eigenvalue weighted by molar-refractivity contribution is 4.93. The van der Waals surface area contributed by atoms with Crippen LogP contribution in [-0.4, -0.2) is 35.6 Å². The summed E-state index contributed by atoms with van der Waals surface area (Å²) in [5.41, 5.74) is 0.398. The second-order valence-corrected chi connectivity index (χ2v) is 5.22. The van der Waals surface area contributed by atoms with Crippen molar-refractivity contribution in [2.24, 2.45) is 0 Å². The Morgan fingerprint density at radius 2 is 1.87 bits per heavy atom. The van der Waals surface area contributed by atoms with E-state index in [1.165, 1.54) is 25.8 Å². The number of nitrogens with zero attached hydrogens (tertiary/aromatic N) is 1. The molecular weight excluding hydrogens is 184 g/mol. The Hall–Kier alpha value is -0.0800. The van der Waals surface area contributed by atoms with Crippen LogP contribution in [0.5, 0.6) is 0 Å². The van der Waals surface area contributed by atoms with Gasteiger partial charge in [0.1, 0.15) is 0 Å². The van der Waals surface area contributed by atoms with Gasteiger partial charge in [-0.15, -0.1) is 0 Å². The Labute approximate surface area is 95.4 Å². The van der Waals surface area contributed by atoms with Crippen LogP contribution in [0.1, 0.15) is 53.9 Å². The summed E-state index contributed by atoms with van der Waals surface area (Å²) in [5, 5.41) is 3.63. The number of nitrogens with one attached hydrogen (secondary N) is 1. The average molecular weight is 212 g/mol. The van der Waals surface area contributed by atoms with Crippen LogP contribution >= 0.6 is 0 Å². The molecule has 2 atom stereocenters. The molecule has 2 unspecified atom stereocenters. The highest BCUT2D eigenvalue weighted by atomic mass is 15.3. The third-order valence-electron chi connectivity index (χ3n) is 4.36. The summed E-state index contributed by atoms with van der Waals surface area (Å²) in [6.45, 7) is 14.0. The summed E-state index contributed by atoms with van der Waals surface area (Å²) in [4.78, 5) is 2.72. The van der Waals surface area contributed by atoms with Gasteiger partial charge in [0.25, 0.3) is 0 Å². The number of hydrogen-bond acceptors (Lipinski definition) is 2. The van der Waals surface area contributed by atoms with Gasteiger partial charge in [0.2, 0.25) is 0 Å². The first kappa shape index (κ1) is 13.0. The van der Waals surface area contributed by atoms with E-state index in [4.69, 9.17) is 0 Å². The van der Waals surface area contributed by atoms with Crippen LogP contribution in [0.4, 0.5) is 0 Å². The Balaban J connectivity index is 2.72. The van der Waals surface area contributed by atoms with Gasteiger partial charge in [-0.3, -0.25) is 4.90 Å². The SMILES string of the molecule is CCC1CN(C(C)(CC)CC)C(C)CN1. The predicted octanol–water partition coefficient (Wildman–Crippen LogP) is 2.64. The molecule has 2 nitrogen and oxygen atoms in total. The first-order chi connectivity index (χ1) is 7.07. The van der Waals surface area contributed by atoms with Crippen molar-refractivity contribution in [1.29, 1.82) is 0 Å². The van der Waals surface area contributed by atoms with Gasteiger partial charge in [-0.1, -0.05) is 20.8 Å². The molecule has 0 spiro atoms. The van der Waals surface area contributed by atoms with Crippen LogP contribution in [0.15, 0.2) is 0 Å². The maximum absolute atomic E-state index is 3.63. The summed E-state index contributed by atoms with van der Waals surface area (Å²) >= 11 is 0. The fourth-order valence-corrected chi connectivity index (χ4v) is 2.61. The minimum Gasteiger partial charge on any atom is -0.311 e. The molecule has 0 radical (unpaired) electrons. The van der Waals surface area contributed by atoms with Crippen molar-refractivity contribution in [3.63, 3.8) is 0 Å². The third-order valence-corrected chi connectivity index (χ3v) is 4.36. The fourth-order valence-electron chi connectivity index (χ4n) is 2.61. The van der Waals surface area contributed by atoms with Crippen molar-refractivity contribution in [3.8, 4) is 0 Å². The Kier molecular flexibility index (Phi) is 4.60. The quantitative estimate of drug-likeness (QED) is 0.770. The molecule has 90 valence electrons. The molecule has 0 amide bonds. The monoisotopic (exact) mass is 212 g/mol. The molecule has 1 rings (SSSR count). The van der Waals surface area contributed by atoms with E-state index < -0.39 is 0 Å². The van der Waals surface area contributed by atoms with Crippen LogP contribution in [0.3, 0.4) is 0 Å². The van der Waals surface area contributed by atoms with Crippen LogP contribution in [-0.2, 0) is 0 Å². The van der Waals surface area contributed by atoms with Gasteiger partial charge < -0.3 is 5.32 Å². The molecule has 15 heavy (non-hydrogen) atoms. The normalized spacial score (nSPS) is 29.4. The highest BCUT2D eigenvalue weighted by Crippen LogP contribution is 2.27. The molecule has 1 saturated heterocycles. The second-order valence-electron chi connectivity index (χ2n) is 5.22. The molecule has 1 heterocycles. The van der Waals surface area contributed by atoms with Gasteiger partial charge >= 0.3 is 0 Å². The second kappa shape index (κ2) is 5.31. The molecule has 0 saturated carbocycles. The first-order valence-electron chi connectivity index (χ1n) is 6.57. The highest BCUT2D eigenvalue weighted by Gasteiger charge is 2.35. The lowest BCUT2D eigenvalue weighted by atomic mass is 9.89. The molecule has 1 aliphatic rings. The zero-order valence-electron chi connectivity index (χ0n) is 11.1. The molecule has 2 heteroatoms. The van der Waals surface area contributed by atoms with Crippen LogP contribution < -0.4 is 5.32 Å². The molecule has 0 bridgehead atoms. The van der Waals surface area contributed by atoms with E-state index in [1.54, 1.807) is 0 Å². The van der Waals surface area contributed by atoms with Gasteiger partial charge in [0.15, 0.2) is 0 Å². The van der Waals surface area contributed by atoms with Crippen LogP contribution in [0.2, 0.25) is 0 Å². The zero-order valence-corrected chi connectivity index (χ0v) is 11.1. The molecule has 1 N–H and O–H groups in total. The maximum atomic E-state index is 3.63. The largest absolute Gasteiger partial charge is 0.311 e. The van der Waals surface area contributed by atoms with Gasteiger partial charge in [-0.25, -0.2) is 0 Å². The van der Waals surface area contributed by atoms with Crippen molar-refractivity contribution in [2.75, 3.05) is 13.1 Å². The van der Waals surface area contributed by atoms with Crippen molar-refractivity contribution < 1.29 is 0 Å². The lowest BCUT2D eigenvalue weighted by Crippen LogP contribution is -2.62. The summed E-state index contributed by atoms with van der Waals surface area (Å²) < 4.78 is 0. The summed E-state index contributed by atoms with van der Waals surface area (Å²) in [6, 6.07) is 1.37. The predicted molar refractivity (Wildman–Crippen MR) is 67.2 cm³/mol. The van der Waals surface area contributed by atoms with Gasteiger partial charge in [0, 0.05) is 30.7 Å². The molecule has 0 aromatic heterocycles. The van der Waals surface area contributed by atoms with E-state index >= 15 is 0 Å². The minimum atomic E-state index is 0.398. The molecule has 0 aromatic rings. The number of hydrogen-bond donors (Lipinski definition) is 1. The summed E-state index contributed by atoms with van der Waals surface area (Å²) in [7, 11) is 0. The van der Waals surface area contributed by atoms with E-state index in [-0.39, 0.29) is 0 Å². The van der Waals surface area contributed by atoms with Gasteiger partial charge in [-0.2, -0.15) is 0 Å². The fraction of sp³-hybridized carbons (Fsp3) is 1.00. The summed E-state index contributed by atoms with van der Waals surface area (Å²) in [5.74, 6) is 0. The average Bonchev–Trinajstić information content (AvgIpc) is 2.28. The van der Waals surface area contributed by atoms with Gasteiger partial charge in [-0.05, 0) is 33.1 Å². The lowest BCUT2D eigenvalue weighted by molar-refractivity contribution is 0.0210. The Morgan fingerprint density at radius 1 is 1.27 bits per heavy atom. The molecular formula is C13H28N2. The van der Waals surface area contributed by atoms with E-state index in [1.807, 2.05) is 0 Å². The molecule has 1 aliphatic heterocycles. The van der Waals surface area contributed by atoms with Gasteiger partial charge in [0.05, 0.1) is 0 Å². The lowest BCUT2D eigenvalue weighted by Gasteiger charge is -2.49. The van der Waals surface area contributed by atoms with Crippen LogP contribution in [0.25, 0.3) is 0 Å². The smallest absolute Gasteiger partial charge is 0.0198 e. The van der Waals surface area contributed by atoms with Crippen molar-refractivity contribution in [3.05, 3.63) is 0 Å². The van der Waals surface area contributed by atoms with Crippen molar-refractivity contribution >= 4 is 0 Å². The van der Waals surface area contributed by atoms with Crippen molar-refractivity contribution in [1.82, 2.24) is 10.2 Å². The number of rotatable bonds is 4. The Morgan fingerprint density at radius 3 is 2.33 bits per heavy atom. The number of piperazine rings is 1. The molecule has 0 aliphatic carbocycles. The van der Waals surface area contributed by atoms with E-state index in [2.05, 4.69) is 44.8 Å². The third kappa shape index (κ3) is 2.73. The van der Waals surface area contributed by atoms with Crippen molar-refractivity contribution in [2.45, 2.75) is 71.5 Å². The zero-order chi connectivity index (χ0) is 11.5. The van der Waals surface area contributed by atoms with E-state index in [0.717, 1.165) is 6.54 Å². The Bertz CT molecular complexity index is 187. The standard InChI is InChI=1S/C13H28N2/c1-6-12-10-15(11(4)9-14-12)13(5,7-2)8-3/h11-12,14H,6-10H2,1-5H3. The summed E-state index contributed by atoms with van der Waals surface area (Å²) in [6.07, 6.45) is 3.75. The maximum Gasteiger partial charge on any atom is 0.0198 e. The topological polar surface area (TPSA) is 15.3 Å². The molecule has 1 fully saturated rings. The minimum absolute atomic E-state index is 0.398. The molecule has 0 aromatic carbocycles. The van der Waals surface area contributed by atoms with Crippen LogP contribution in [0, 0.1) is 0 Å².